The number of aryl methyl sites for hydroxylation is 3. The van der Waals surface area contributed by atoms with Crippen molar-refractivity contribution < 1.29 is 9.53 Å². The Kier molecular flexibility index (Phi) is 6.19. The van der Waals surface area contributed by atoms with Gasteiger partial charge in [0.25, 0.3) is 0 Å². The van der Waals surface area contributed by atoms with Crippen LogP contribution in [0.1, 0.15) is 16.7 Å². The second-order valence-corrected chi connectivity index (χ2v) is 7.70. The summed E-state index contributed by atoms with van der Waals surface area (Å²) in [7, 11) is 0. The van der Waals surface area contributed by atoms with Crippen LogP contribution in [0.15, 0.2) is 54.6 Å². The molecule has 144 valence electrons. The van der Waals surface area contributed by atoms with E-state index in [0.29, 0.717) is 32.2 Å². The average molecular weight is 435 g/mol. The molecule has 0 aliphatic carbocycles. The second-order valence-electron chi connectivity index (χ2n) is 6.48. The molecule has 1 amide bonds. The summed E-state index contributed by atoms with van der Waals surface area (Å²) in [4.78, 5) is 14.5. The van der Waals surface area contributed by atoms with Crippen LogP contribution in [-0.2, 0) is 0 Å². The summed E-state index contributed by atoms with van der Waals surface area (Å²) in [5.74, 6) is 0.349. The molecule has 0 saturated heterocycles. The van der Waals surface area contributed by atoms with Crippen LogP contribution in [0.2, 0.25) is 15.1 Å². The Balaban J connectivity index is 2.03. The molecular formula is C22H18Cl3NO2. The van der Waals surface area contributed by atoms with Crippen molar-refractivity contribution in [2.45, 2.75) is 20.8 Å². The van der Waals surface area contributed by atoms with Gasteiger partial charge in [-0.2, -0.15) is 0 Å². The number of anilines is 2. The van der Waals surface area contributed by atoms with Crippen molar-refractivity contribution in [1.82, 2.24) is 0 Å². The number of nitrogens with zero attached hydrogens (tertiary/aromatic N) is 1. The molecule has 0 saturated carbocycles. The number of hydrogen-bond acceptors (Lipinski definition) is 2. The maximum atomic E-state index is 13.1. The van der Waals surface area contributed by atoms with Crippen LogP contribution in [0.3, 0.4) is 0 Å². The van der Waals surface area contributed by atoms with Gasteiger partial charge in [0.2, 0.25) is 0 Å². The normalized spacial score (nSPS) is 10.6. The quantitative estimate of drug-likeness (QED) is 0.419. The molecule has 0 heterocycles. The fraction of sp³-hybridized carbons (Fsp3) is 0.136. The van der Waals surface area contributed by atoms with Crippen LogP contribution >= 0.6 is 34.8 Å². The van der Waals surface area contributed by atoms with E-state index in [9.17, 15) is 4.79 Å². The van der Waals surface area contributed by atoms with Crippen molar-refractivity contribution in [3.63, 3.8) is 0 Å². The number of carbonyl (C=O) groups is 1. The fourth-order valence-corrected chi connectivity index (χ4v) is 3.11. The maximum Gasteiger partial charge on any atom is 0.424 e. The van der Waals surface area contributed by atoms with Crippen LogP contribution in [0, 0.1) is 20.8 Å². The van der Waals surface area contributed by atoms with Gasteiger partial charge in [-0.15, -0.1) is 0 Å². The van der Waals surface area contributed by atoms with E-state index in [1.165, 1.54) is 4.90 Å². The van der Waals surface area contributed by atoms with E-state index >= 15 is 0 Å². The molecule has 0 aromatic heterocycles. The zero-order valence-electron chi connectivity index (χ0n) is 15.6. The number of carbonyl (C=O) groups excluding carboxylic acids is 1. The Morgan fingerprint density at radius 1 is 0.714 bits per heavy atom. The predicted octanol–water partition coefficient (Wildman–Crippen LogP) is 7.91. The lowest BCUT2D eigenvalue weighted by atomic mass is 10.1. The second kappa shape index (κ2) is 8.44. The molecule has 0 unspecified atom stereocenters. The number of amides is 1. The Morgan fingerprint density at radius 2 is 1.14 bits per heavy atom. The van der Waals surface area contributed by atoms with E-state index in [1.807, 2.05) is 32.9 Å². The van der Waals surface area contributed by atoms with Crippen LogP contribution < -0.4 is 9.64 Å². The highest BCUT2D eigenvalue weighted by Crippen LogP contribution is 2.33. The summed E-state index contributed by atoms with van der Waals surface area (Å²) < 4.78 is 5.58. The Hall–Kier alpha value is -2.20. The van der Waals surface area contributed by atoms with E-state index < -0.39 is 6.09 Å². The molecule has 0 aliphatic rings. The fourth-order valence-electron chi connectivity index (χ4n) is 2.59. The topological polar surface area (TPSA) is 29.5 Å². The summed E-state index contributed by atoms with van der Waals surface area (Å²) in [6.45, 7) is 5.67. The molecule has 0 N–H and O–H groups in total. The minimum absolute atomic E-state index is 0.349. The smallest absolute Gasteiger partial charge is 0.410 e. The SMILES string of the molecule is Cc1ccc(OC(=O)N(c2ccc(C)c(Cl)c2)c2ccc(C)c(Cl)c2)cc1Cl. The summed E-state index contributed by atoms with van der Waals surface area (Å²) in [5.41, 5.74) is 3.85. The molecule has 0 aliphatic heterocycles. The predicted molar refractivity (Wildman–Crippen MR) is 117 cm³/mol. The summed E-state index contributed by atoms with van der Waals surface area (Å²) in [5, 5.41) is 1.62. The third kappa shape index (κ3) is 4.44. The van der Waals surface area contributed by atoms with Crippen molar-refractivity contribution in [1.29, 1.82) is 0 Å². The highest BCUT2D eigenvalue weighted by atomic mass is 35.5. The lowest BCUT2D eigenvalue weighted by Crippen LogP contribution is -2.29. The molecule has 28 heavy (non-hydrogen) atoms. The van der Waals surface area contributed by atoms with E-state index in [0.717, 1.165) is 16.7 Å². The average Bonchev–Trinajstić information content (AvgIpc) is 2.64. The third-order valence-corrected chi connectivity index (χ3v) is 5.58. The van der Waals surface area contributed by atoms with Gasteiger partial charge in [0.15, 0.2) is 0 Å². The lowest BCUT2D eigenvalue weighted by molar-refractivity contribution is 0.210. The largest absolute Gasteiger partial charge is 0.424 e. The minimum atomic E-state index is -0.597. The van der Waals surface area contributed by atoms with Crippen molar-refractivity contribution in [3.05, 3.63) is 86.4 Å². The number of halogens is 3. The van der Waals surface area contributed by atoms with Gasteiger partial charge in [0.1, 0.15) is 5.75 Å². The van der Waals surface area contributed by atoms with Gasteiger partial charge in [0.05, 0.1) is 11.4 Å². The molecule has 3 aromatic carbocycles. The molecule has 0 bridgehead atoms. The third-order valence-electron chi connectivity index (χ3n) is 4.36. The first-order valence-electron chi connectivity index (χ1n) is 8.56. The van der Waals surface area contributed by atoms with Crippen LogP contribution in [0.25, 0.3) is 0 Å². The van der Waals surface area contributed by atoms with Gasteiger partial charge in [-0.1, -0.05) is 53.0 Å². The zero-order valence-corrected chi connectivity index (χ0v) is 17.9. The van der Waals surface area contributed by atoms with E-state index in [1.54, 1.807) is 42.5 Å². The molecule has 3 aromatic rings. The maximum absolute atomic E-state index is 13.1. The number of hydrogen-bond donors (Lipinski definition) is 0. The van der Waals surface area contributed by atoms with E-state index in [2.05, 4.69) is 0 Å². The lowest BCUT2D eigenvalue weighted by Gasteiger charge is -2.23. The highest BCUT2D eigenvalue weighted by molar-refractivity contribution is 6.32. The first kappa shape index (κ1) is 20.5. The Morgan fingerprint density at radius 3 is 1.57 bits per heavy atom. The van der Waals surface area contributed by atoms with Gasteiger partial charge in [-0.3, -0.25) is 0 Å². The van der Waals surface area contributed by atoms with Gasteiger partial charge in [0, 0.05) is 15.1 Å². The molecule has 0 fully saturated rings. The highest BCUT2D eigenvalue weighted by Gasteiger charge is 2.22. The molecule has 3 nitrogen and oxygen atoms in total. The summed E-state index contributed by atoms with van der Waals surface area (Å²) >= 11 is 18.7. The van der Waals surface area contributed by atoms with Crippen molar-refractivity contribution in [2.24, 2.45) is 0 Å². The Bertz CT molecular complexity index is 998. The molecule has 0 radical (unpaired) electrons. The van der Waals surface area contributed by atoms with Crippen molar-refractivity contribution >= 4 is 52.3 Å². The van der Waals surface area contributed by atoms with Gasteiger partial charge in [-0.25, -0.2) is 9.69 Å². The summed E-state index contributed by atoms with van der Waals surface area (Å²) in [6, 6.07) is 15.8. The van der Waals surface area contributed by atoms with Gasteiger partial charge in [-0.05, 0) is 73.9 Å². The summed E-state index contributed by atoms with van der Waals surface area (Å²) in [6.07, 6.45) is -0.597. The molecule has 0 spiro atoms. The van der Waals surface area contributed by atoms with Crippen molar-refractivity contribution in [3.8, 4) is 5.75 Å². The Labute approximate surface area is 179 Å². The molecule has 3 rings (SSSR count). The van der Waals surface area contributed by atoms with Crippen LogP contribution in [0.4, 0.5) is 16.2 Å². The monoisotopic (exact) mass is 433 g/mol. The van der Waals surface area contributed by atoms with Crippen LogP contribution in [0.5, 0.6) is 5.75 Å². The molecular weight excluding hydrogens is 417 g/mol. The standard InChI is InChI=1S/C22H18Cl3NO2/c1-13-4-7-16(10-19(13)23)26(17-8-5-14(2)20(24)11-17)22(27)28-18-9-6-15(3)21(25)12-18/h4-12H,1-3H3. The molecule has 6 heteroatoms. The minimum Gasteiger partial charge on any atom is -0.410 e. The van der Waals surface area contributed by atoms with E-state index in [-0.39, 0.29) is 0 Å². The van der Waals surface area contributed by atoms with Gasteiger partial charge >= 0.3 is 6.09 Å². The first-order chi connectivity index (χ1) is 13.3. The number of rotatable bonds is 3. The zero-order chi connectivity index (χ0) is 20.4. The molecule has 0 atom stereocenters. The van der Waals surface area contributed by atoms with Crippen molar-refractivity contribution in [2.75, 3.05) is 4.90 Å². The van der Waals surface area contributed by atoms with Crippen LogP contribution in [-0.4, -0.2) is 6.09 Å². The first-order valence-corrected chi connectivity index (χ1v) is 9.70. The number of ether oxygens (including phenoxy) is 1. The number of benzene rings is 3. The van der Waals surface area contributed by atoms with Gasteiger partial charge < -0.3 is 4.74 Å². The van der Waals surface area contributed by atoms with E-state index in [4.69, 9.17) is 39.5 Å².